The van der Waals surface area contributed by atoms with E-state index in [9.17, 15) is 20.1 Å². The van der Waals surface area contributed by atoms with Crippen molar-refractivity contribution in [2.45, 2.75) is 68.7 Å². The zero-order valence-electron chi connectivity index (χ0n) is 20.4. The number of nitrogens with one attached hydrogen (secondary N) is 1. The summed E-state index contributed by atoms with van der Waals surface area (Å²) in [6, 6.07) is 10.3. The third-order valence-corrected chi connectivity index (χ3v) is 7.06. The quantitative estimate of drug-likeness (QED) is 0.318. The van der Waals surface area contributed by atoms with Crippen molar-refractivity contribution in [3.8, 4) is 11.8 Å². The number of benzene rings is 1. The number of carbonyl (C=O) groups is 1. The molecule has 11 nitrogen and oxygen atoms in total. The molecule has 37 heavy (non-hydrogen) atoms. The van der Waals surface area contributed by atoms with Crippen molar-refractivity contribution in [3.05, 3.63) is 48.0 Å². The topological polar surface area (TPSA) is 169 Å². The van der Waals surface area contributed by atoms with Gasteiger partial charge in [0.2, 0.25) is 5.82 Å². The first-order valence-electron chi connectivity index (χ1n) is 12.4. The van der Waals surface area contributed by atoms with Crippen LogP contribution in [0.4, 0.5) is 5.82 Å². The zero-order valence-corrected chi connectivity index (χ0v) is 20.4. The summed E-state index contributed by atoms with van der Waals surface area (Å²) in [6.07, 6.45) is -1.19. The van der Waals surface area contributed by atoms with Crippen molar-refractivity contribution < 1.29 is 24.9 Å². The van der Waals surface area contributed by atoms with Gasteiger partial charge in [0.25, 0.3) is 5.91 Å². The molecule has 2 aliphatic rings. The van der Waals surface area contributed by atoms with Crippen molar-refractivity contribution in [1.29, 1.82) is 0 Å². The fourth-order valence-electron chi connectivity index (χ4n) is 5.01. The van der Waals surface area contributed by atoms with Gasteiger partial charge in [-0.05, 0) is 50.0 Å². The molecule has 1 aliphatic heterocycles. The lowest BCUT2D eigenvalue weighted by Crippen LogP contribution is -2.42. The van der Waals surface area contributed by atoms with Crippen LogP contribution in [0.1, 0.15) is 56.1 Å². The molecule has 3 heterocycles. The molecular weight excluding hydrogens is 476 g/mol. The second kappa shape index (κ2) is 10.1. The Labute approximate surface area is 213 Å². The van der Waals surface area contributed by atoms with Crippen LogP contribution in [0, 0.1) is 11.8 Å². The molecular formula is C26H30N6O5. The lowest BCUT2D eigenvalue weighted by molar-refractivity contribution is -0.137. The fraction of sp³-hybridized carbons (Fsp3) is 0.462. The predicted molar refractivity (Wildman–Crippen MR) is 134 cm³/mol. The van der Waals surface area contributed by atoms with E-state index in [0.29, 0.717) is 25.3 Å². The lowest BCUT2D eigenvalue weighted by atomic mass is 9.76. The highest BCUT2D eigenvalue weighted by Crippen LogP contribution is 2.38. The minimum Gasteiger partial charge on any atom is -0.387 e. The summed E-state index contributed by atoms with van der Waals surface area (Å²) >= 11 is 0. The van der Waals surface area contributed by atoms with E-state index in [1.54, 1.807) is 6.92 Å². The van der Waals surface area contributed by atoms with Crippen molar-refractivity contribution >= 4 is 22.9 Å². The molecule has 11 heteroatoms. The molecule has 0 unspecified atom stereocenters. The van der Waals surface area contributed by atoms with Crippen molar-refractivity contribution in [3.63, 3.8) is 0 Å². The smallest absolute Gasteiger partial charge is 0.252 e. The average Bonchev–Trinajstić information content (AvgIpc) is 3.45. The molecule has 2 fully saturated rings. The van der Waals surface area contributed by atoms with E-state index in [-0.39, 0.29) is 22.8 Å². The summed E-state index contributed by atoms with van der Waals surface area (Å²) in [6.45, 7) is 2.09. The molecule has 0 bridgehead atoms. The first-order valence-corrected chi connectivity index (χ1v) is 12.4. The minimum atomic E-state index is -1.44. The molecule has 3 aromatic rings. The number of amides is 1. The van der Waals surface area contributed by atoms with E-state index in [2.05, 4.69) is 44.2 Å². The van der Waals surface area contributed by atoms with E-state index in [1.165, 1.54) is 16.5 Å². The normalized spacial score (nSPS) is 29.6. The Morgan fingerprint density at radius 3 is 2.65 bits per heavy atom. The van der Waals surface area contributed by atoms with Crippen LogP contribution in [0.5, 0.6) is 0 Å². The highest BCUT2D eigenvalue weighted by Gasteiger charge is 2.47. The van der Waals surface area contributed by atoms with E-state index >= 15 is 0 Å². The summed E-state index contributed by atoms with van der Waals surface area (Å²) in [5, 5.41) is 34.6. The number of aliphatic hydroxyl groups excluding tert-OH is 2. The van der Waals surface area contributed by atoms with Crippen LogP contribution in [0.2, 0.25) is 0 Å². The number of anilines is 1. The molecule has 0 spiro atoms. The molecule has 1 aromatic carbocycles. The summed E-state index contributed by atoms with van der Waals surface area (Å²) in [5.41, 5.74) is 6.69. The molecule has 4 atom stereocenters. The van der Waals surface area contributed by atoms with Crippen LogP contribution in [0.25, 0.3) is 11.2 Å². The summed E-state index contributed by atoms with van der Waals surface area (Å²) < 4.78 is 7.08. The Bertz CT molecular complexity index is 1340. The SMILES string of the molecule is CCNC(=O)[C@H]1O[C@@H](n2cnc3c(N)nc(C#CC4(O)CCC(c5ccccc5)CC4)nc32)[C@@H](O)[C@H]1O. The number of nitrogens with two attached hydrogens (primary N) is 1. The third kappa shape index (κ3) is 4.89. The monoisotopic (exact) mass is 506 g/mol. The summed E-state index contributed by atoms with van der Waals surface area (Å²) in [4.78, 5) is 25.1. The van der Waals surface area contributed by atoms with Gasteiger partial charge < -0.3 is 31.1 Å². The first kappa shape index (κ1) is 25.1. The number of ether oxygens (including phenoxy) is 1. The Hall–Kier alpha value is -3.56. The number of fused-ring (bicyclic) bond motifs is 1. The first-order chi connectivity index (χ1) is 17.8. The van der Waals surface area contributed by atoms with Crippen molar-refractivity contribution in [2.75, 3.05) is 12.3 Å². The molecule has 6 N–H and O–H groups in total. The highest BCUT2D eigenvalue weighted by molar-refractivity contribution is 5.83. The Balaban J connectivity index is 1.37. The maximum Gasteiger partial charge on any atom is 0.252 e. The van der Waals surface area contributed by atoms with Gasteiger partial charge in [-0.2, -0.15) is 0 Å². The van der Waals surface area contributed by atoms with E-state index in [4.69, 9.17) is 10.5 Å². The minimum absolute atomic E-state index is 0.0705. The number of hydrogen-bond donors (Lipinski definition) is 5. The van der Waals surface area contributed by atoms with Crippen LogP contribution in [-0.2, 0) is 9.53 Å². The van der Waals surface area contributed by atoms with Crippen LogP contribution in [-0.4, -0.2) is 71.2 Å². The molecule has 5 rings (SSSR count). The number of likely N-dealkylation sites (N-methyl/N-ethyl adjacent to an activating group) is 1. The van der Waals surface area contributed by atoms with Crippen molar-refractivity contribution in [2.24, 2.45) is 0 Å². The van der Waals surface area contributed by atoms with Crippen LogP contribution in [0.15, 0.2) is 36.7 Å². The largest absolute Gasteiger partial charge is 0.387 e. The second-order valence-electron chi connectivity index (χ2n) is 9.55. The van der Waals surface area contributed by atoms with Crippen molar-refractivity contribution in [1.82, 2.24) is 24.8 Å². The lowest BCUT2D eigenvalue weighted by Gasteiger charge is -2.32. The van der Waals surface area contributed by atoms with Gasteiger partial charge in [-0.25, -0.2) is 15.0 Å². The van der Waals surface area contributed by atoms with Gasteiger partial charge in [0.15, 0.2) is 23.8 Å². The number of nitrogens with zero attached hydrogens (tertiary/aromatic N) is 4. The van der Waals surface area contributed by atoms with Crippen LogP contribution < -0.4 is 11.1 Å². The summed E-state index contributed by atoms with van der Waals surface area (Å²) in [7, 11) is 0. The Morgan fingerprint density at radius 1 is 1.22 bits per heavy atom. The van der Waals surface area contributed by atoms with Crippen LogP contribution >= 0.6 is 0 Å². The highest BCUT2D eigenvalue weighted by atomic mass is 16.6. The van der Waals surface area contributed by atoms with E-state index in [1.807, 2.05) is 18.2 Å². The standard InChI is InChI=1S/C26H30N6O5/c1-2-28-24(35)21-19(33)20(34)25(37-21)32-14-29-18-22(27)30-17(31-23(18)32)10-13-26(36)11-8-16(9-12-26)15-6-4-3-5-7-15/h3-7,14,16,19-21,25,33-34,36H,2,8-9,11-12H2,1H3,(H,28,35)(H2,27,30,31)/t16?,19-,20+,21+,25-,26?/m1/s1. The number of carbonyl (C=O) groups excluding carboxylic acids is 1. The number of aliphatic hydroxyl groups is 3. The van der Waals surface area contributed by atoms with Gasteiger partial charge in [-0.3, -0.25) is 9.36 Å². The van der Waals surface area contributed by atoms with Crippen LogP contribution in [0.3, 0.4) is 0 Å². The van der Waals surface area contributed by atoms with Gasteiger partial charge in [-0.15, -0.1) is 0 Å². The maximum absolute atomic E-state index is 12.2. The second-order valence-corrected chi connectivity index (χ2v) is 9.55. The van der Waals surface area contributed by atoms with Gasteiger partial charge in [0.1, 0.15) is 23.3 Å². The third-order valence-electron chi connectivity index (χ3n) is 7.06. The molecule has 2 aromatic heterocycles. The van der Waals surface area contributed by atoms with E-state index < -0.39 is 36.0 Å². The van der Waals surface area contributed by atoms with E-state index in [0.717, 1.165) is 12.8 Å². The van der Waals surface area contributed by atoms with Gasteiger partial charge in [0.05, 0.1) is 6.33 Å². The molecule has 0 radical (unpaired) electrons. The predicted octanol–water partition coefficient (Wildman–Crippen LogP) is 0.604. The van der Waals surface area contributed by atoms with Gasteiger partial charge >= 0.3 is 0 Å². The average molecular weight is 507 g/mol. The number of imidazole rings is 1. The number of aromatic nitrogens is 4. The number of rotatable bonds is 4. The molecule has 1 aliphatic carbocycles. The molecule has 1 saturated heterocycles. The van der Waals surface area contributed by atoms with Gasteiger partial charge in [-0.1, -0.05) is 36.3 Å². The number of nitrogen functional groups attached to an aromatic ring is 1. The number of hydrogen-bond acceptors (Lipinski definition) is 9. The van der Waals surface area contributed by atoms with Gasteiger partial charge in [0, 0.05) is 6.54 Å². The molecule has 1 amide bonds. The fourth-order valence-corrected chi connectivity index (χ4v) is 5.01. The Morgan fingerprint density at radius 2 is 1.95 bits per heavy atom. The Kier molecular flexibility index (Phi) is 6.83. The summed E-state index contributed by atoms with van der Waals surface area (Å²) in [5.74, 6) is 5.80. The zero-order chi connectivity index (χ0) is 26.2. The maximum atomic E-state index is 12.2. The molecule has 194 valence electrons. The molecule has 1 saturated carbocycles.